The van der Waals surface area contributed by atoms with Crippen LogP contribution in [0.1, 0.15) is 52.0 Å². The lowest BCUT2D eigenvalue weighted by atomic mass is 9.63. The van der Waals surface area contributed by atoms with Crippen molar-refractivity contribution >= 4 is 11.0 Å². The number of aliphatic hydroxyl groups excluding tert-OH is 1. The Kier molecular flexibility index (Phi) is 6.33. The Morgan fingerprint density at radius 3 is 2.93 bits per heavy atom. The molecule has 0 aliphatic heterocycles. The van der Waals surface area contributed by atoms with Crippen molar-refractivity contribution in [3.63, 3.8) is 0 Å². The summed E-state index contributed by atoms with van der Waals surface area (Å²) in [6.45, 7) is 13.0. The number of hydrogen-bond acceptors (Lipinski definition) is 4. The second kappa shape index (κ2) is 8.58. The van der Waals surface area contributed by atoms with Crippen molar-refractivity contribution in [2.45, 2.75) is 59.5 Å². The van der Waals surface area contributed by atoms with Gasteiger partial charge in [0, 0.05) is 0 Å². The van der Waals surface area contributed by atoms with Gasteiger partial charge in [0.1, 0.15) is 17.9 Å². The topological polar surface area (TPSA) is 59.7 Å². The lowest BCUT2D eigenvalue weighted by Crippen LogP contribution is -2.41. The van der Waals surface area contributed by atoms with Crippen LogP contribution in [0.5, 0.6) is 5.75 Å². The summed E-state index contributed by atoms with van der Waals surface area (Å²) in [7, 11) is 0. The smallest absolute Gasteiger partial charge is 0.339 e. The first-order valence-electron chi connectivity index (χ1n) is 10.4. The van der Waals surface area contributed by atoms with Gasteiger partial charge in [-0.1, -0.05) is 43.7 Å². The highest BCUT2D eigenvalue weighted by Gasteiger charge is 2.40. The van der Waals surface area contributed by atoms with Gasteiger partial charge >= 0.3 is 5.63 Å². The molecule has 156 valence electrons. The lowest BCUT2D eigenvalue weighted by molar-refractivity contribution is -0.00881. The molecular weight excluding hydrogens is 364 g/mol. The summed E-state index contributed by atoms with van der Waals surface area (Å²) >= 11 is 0. The van der Waals surface area contributed by atoms with E-state index in [1.54, 1.807) is 6.07 Å². The minimum absolute atomic E-state index is 0.138. The summed E-state index contributed by atoms with van der Waals surface area (Å²) in [5.41, 5.74) is 3.50. The summed E-state index contributed by atoms with van der Waals surface area (Å²) in [6, 6.07) is 7.04. The molecule has 29 heavy (non-hydrogen) atoms. The van der Waals surface area contributed by atoms with E-state index in [0.717, 1.165) is 36.6 Å². The van der Waals surface area contributed by atoms with Gasteiger partial charge in [0.25, 0.3) is 0 Å². The van der Waals surface area contributed by atoms with E-state index in [4.69, 9.17) is 9.15 Å². The van der Waals surface area contributed by atoms with Crippen molar-refractivity contribution in [1.29, 1.82) is 0 Å². The molecule has 0 spiro atoms. The molecule has 1 N–H and O–H groups in total. The normalized spacial score (nSPS) is 22.1. The van der Waals surface area contributed by atoms with Crippen molar-refractivity contribution in [3.05, 3.63) is 64.1 Å². The van der Waals surface area contributed by atoms with E-state index in [1.165, 1.54) is 17.2 Å². The summed E-state index contributed by atoms with van der Waals surface area (Å²) in [5, 5.41) is 11.2. The number of benzene rings is 1. The molecule has 0 saturated heterocycles. The third kappa shape index (κ3) is 4.64. The van der Waals surface area contributed by atoms with Gasteiger partial charge in [0.05, 0.1) is 17.6 Å². The fourth-order valence-corrected chi connectivity index (χ4v) is 4.42. The van der Waals surface area contributed by atoms with Gasteiger partial charge in [-0.3, -0.25) is 0 Å². The first kappa shape index (κ1) is 21.4. The van der Waals surface area contributed by atoms with Crippen molar-refractivity contribution in [2.24, 2.45) is 11.3 Å². The highest BCUT2D eigenvalue weighted by atomic mass is 16.5. The molecule has 0 unspecified atom stereocenters. The molecule has 1 aliphatic carbocycles. The number of fused-ring (bicyclic) bond motifs is 1. The molecule has 1 aromatic heterocycles. The molecule has 2 aromatic rings. The maximum Gasteiger partial charge on any atom is 0.339 e. The van der Waals surface area contributed by atoms with E-state index in [9.17, 15) is 9.90 Å². The lowest BCUT2D eigenvalue weighted by Gasteiger charge is -2.44. The van der Waals surface area contributed by atoms with E-state index in [1.807, 2.05) is 19.1 Å². The van der Waals surface area contributed by atoms with Crippen LogP contribution in [0.15, 0.2) is 57.3 Å². The van der Waals surface area contributed by atoms with Gasteiger partial charge in [0.2, 0.25) is 0 Å². The van der Waals surface area contributed by atoms with Gasteiger partial charge in [0.15, 0.2) is 0 Å². The highest BCUT2D eigenvalue weighted by Crippen LogP contribution is 2.45. The van der Waals surface area contributed by atoms with Crippen LogP contribution in [0, 0.1) is 18.3 Å². The van der Waals surface area contributed by atoms with E-state index >= 15 is 0 Å². The summed E-state index contributed by atoms with van der Waals surface area (Å²) < 4.78 is 11.2. The minimum atomic E-state index is -0.407. The van der Waals surface area contributed by atoms with Crippen molar-refractivity contribution in [3.8, 4) is 5.75 Å². The molecule has 0 radical (unpaired) electrons. The van der Waals surface area contributed by atoms with Crippen LogP contribution in [0.25, 0.3) is 11.0 Å². The number of allylic oxidation sites excluding steroid dienone is 2. The SMILES string of the molecule is C=C1CC[C@H](O)C(C)(C)[C@@H]1CCC(C)=CCOc1cc(=O)oc2cccc(C)c12. The minimum Gasteiger partial charge on any atom is -0.488 e. The first-order chi connectivity index (χ1) is 13.7. The van der Waals surface area contributed by atoms with E-state index < -0.39 is 5.63 Å². The van der Waals surface area contributed by atoms with E-state index in [0.29, 0.717) is 23.9 Å². The molecule has 1 saturated carbocycles. The maximum absolute atomic E-state index is 11.8. The molecular formula is C25H32O4. The Hall–Kier alpha value is -2.33. The molecule has 0 amide bonds. The molecule has 1 aromatic carbocycles. The molecule has 0 bridgehead atoms. The van der Waals surface area contributed by atoms with Gasteiger partial charge < -0.3 is 14.3 Å². The molecule has 4 heteroatoms. The molecule has 1 heterocycles. The van der Waals surface area contributed by atoms with Crippen LogP contribution in [0.2, 0.25) is 0 Å². The van der Waals surface area contributed by atoms with Crippen molar-refractivity contribution in [1.82, 2.24) is 0 Å². The van der Waals surface area contributed by atoms with E-state index in [2.05, 4.69) is 33.4 Å². The van der Waals surface area contributed by atoms with E-state index in [-0.39, 0.29) is 11.5 Å². The predicted molar refractivity (Wildman–Crippen MR) is 117 cm³/mol. The number of hydrogen-bond donors (Lipinski definition) is 1. The molecule has 2 atom stereocenters. The summed E-state index contributed by atoms with van der Waals surface area (Å²) in [5.74, 6) is 0.879. The van der Waals surface area contributed by atoms with Crippen LogP contribution in [-0.4, -0.2) is 17.8 Å². The number of aliphatic hydroxyl groups is 1. The molecule has 1 aliphatic rings. The first-order valence-corrected chi connectivity index (χ1v) is 10.4. The van der Waals surface area contributed by atoms with Crippen LogP contribution < -0.4 is 10.4 Å². The van der Waals surface area contributed by atoms with Gasteiger partial charge in [-0.05, 0) is 68.6 Å². The van der Waals surface area contributed by atoms with Gasteiger partial charge in [-0.25, -0.2) is 4.79 Å². The Balaban J connectivity index is 1.65. The fourth-order valence-electron chi connectivity index (χ4n) is 4.42. The second-order valence-corrected chi connectivity index (χ2v) is 8.86. The van der Waals surface area contributed by atoms with Gasteiger partial charge in [-0.15, -0.1) is 0 Å². The van der Waals surface area contributed by atoms with Gasteiger partial charge in [-0.2, -0.15) is 0 Å². The van der Waals surface area contributed by atoms with Crippen LogP contribution in [0.4, 0.5) is 0 Å². The molecule has 4 nitrogen and oxygen atoms in total. The zero-order valence-corrected chi connectivity index (χ0v) is 18.0. The summed E-state index contributed by atoms with van der Waals surface area (Å²) in [6.07, 6.45) is 5.41. The molecule has 3 rings (SSSR count). The average Bonchev–Trinajstić information content (AvgIpc) is 2.64. The Bertz CT molecular complexity index is 980. The maximum atomic E-state index is 11.8. The van der Waals surface area contributed by atoms with Crippen LogP contribution in [-0.2, 0) is 0 Å². The third-order valence-corrected chi connectivity index (χ3v) is 6.43. The summed E-state index contributed by atoms with van der Waals surface area (Å²) in [4.78, 5) is 11.8. The number of aryl methyl sites for hydroxylation is 1. The largest absolute Gasteiger partial charge is 0.488 e. The zero-order valence-electron chi connectivity index (χ0n) is 18.0. The average molecular weight is 397 g/mol. The zero-order chi connectivity index (χ0) is 21.2. The fraction of sp³-hybridized carbons (Fsp3) is 0.480. The number of rotatable bonds is 6. The Morgan fingerprint density at radius 1 is 1.41 bits per heavy atom. The Morgan fingerprint density at radius 2 is 2.17 bits per heavy atom. The van der Waals surface area contributed by atoms with Crippen LogP contribution in [0.3, 0.4) is 0 Å². The van der Waals surface area contributed by atoms with Crippen molar-refractivity contribution < 1.29 is 14.3 Å². The second-order valence-electron chi connectivity index (χ2n) is 8.86. The third-order valence-electron chi connectivity index (χ3n) is 6.43. The highest BCUT2D eigenvalue weighted by molar-refractivity contribution is 5.86. The quantitative estimate of drug-likeness (QED) is 0.513. The number of ether oxygens (including phenoxy) is 1. The standard InChI is InChI=1S/C25H32O4/c1-16(9-11-19-17(2)10-12-22(26)25(19,4)5)13-14-28-21-15-23(27)29-20-8-6-7-18(3)24(20)21/h6-8,13,15,19,22,26H,2,9-12,14H2,1,3-5H3/t19-,22+/m1/s1. The van der Waals surface area contributed by atoms with Crippen molar-refractivity contribution in [2.75, 3.05) is 6.61 Å². The predicted octanol–water partition coefficient (Wildman–Crippen LogP) is 5.56. The monoisotopic (exact) mass is 396 g/mol. The Labute approximate surface area is 172 Å². The molecule has 1 fully saturated rings. The van der Waals surface area contributed by atoms with Crippen LogP contribution >= 0.6 is 0 Å².